The summed E-state index contributed by atoms with van der Waals surface area (Å²) in [5.74, 6) is 0. The number of nitrogens with two attached hydrogens (primary N) is 1. The maximum Gasteiger partial charge on any atom is 0.240 e. The lowest BCUT2D eigenvalue weighted by Crippen LogP contribution is -2.23. The summed E-state index contributed by atoms with van der Waals surface area (Å²) in [6.45, 7) is 0.183. The maximum atomic E-state index is 12.2. The lowest BCUT2D eigenvalue weighted by Gasteiger charge is -2.09. The van der Waals surface area contributed by atoms with E-state index >= 15 is 0 Å². The van der Waals surface area contributed by atoms with Gasteiger partial charge in [0.15, 0.2) is 0 Å². The molecule has 0 aliphatic heterocycles. The summed E-state index contributed by atoms with van der Waals surface area (Å²) < 4.78 is 26.8. The Bertz CT molecular complexity index is 695. The number of benzene rings is 2. The molecule has 106 valence electrons. The number of nitrogens with one attached hydrogen (secondary N) is 1. The first-order chi connectivity index (χ1) is 9.40. The number of halogens is 2. The van der Waals surface area contributed by atoms with E-state index in [4.69, 9.17) is 28.9 Å². The van der Waals surface area contributed by atoms with Crippen LogP contribution < -0.4 is 10.5 Å². The molecule has 0 aromatic heterocycles. The molecule has 0 atom stereocenters. The first-order valence-electron chi connectivity index (χ1n) is 5.68. The van der Waals surface area contributed by atoms with E-state index < -0.39 is 10.0 Å². The molecule has 0 radical (unpaired) electrons. The highest BCUT2D eigenvalue weighted by atomic mass is 35.5. The summed E-state index contributed by atoms with van der Waals surface area (Å²) in [6, 6.07) is 11.7. The first-order valence-corrected chi connectivity index (χ1v) is 7.92. The van der Waals surface area contributed by atoms with Gasteiger partial charge in [0.25, 0.3) is 0 Å². The van der Waals surface area contributed by atoms with Crippen LogP contribution in [-0.2, 0) is 16.6 Å². The average Bonchev–Trinajstić information content (AvgIpc) is 2.43. The molecule has 0 amide bonds. The second-order valence-corrected chi connectivity index (χ2v) is 6.69. The summed E-state index contributed by atoms with van der Waals surface area (Å²) in [4.78, 5) is -0.0161. The Morgan fingerprint density at radius 2 is 1.60 bits per heavy atom. The number of hydrogen-bond donors (Lipinski definition) is 2. The minimum absolute atomic E-state index is 0.0161. The Kier molecular flexibility index (Phi) is 4.55. The van der Waals surface area contributed by atoms with Crippen LogP contribution in [0.15, 0.2) is 47.4 Å². The highest BCUT2D eigenvalue weighted by molar-refractivity contribution is 7.89. The highest BCUT2D eigenvalue weighted by Gasteiger charge is 2.17. The van der Waals surface area contributed by atoms with E-state index in [1.165, 1.54) is 12.1 Å². The van der Waals surface area contributed by atoms with Crippen molar-refractivity contribution in [3.63, 3.8) is 0 Å². The van der Waals surface area contributed by atoms with Crippen LogP contribution in [0.4, 0.5) is 5.69 Å². The molecule has 0 saturated heterocycles. The number of anilines is 1. The molecule has 2 rings (SSSR count). The van der Waals surface area contributed by atoms with E-state index in [1.54, 1.807) is 0 Å². The monoisotopic (exact) mass is 330 g/mol. The predicted molar refractivity (Wildman–Crippen MR) is 81.3 cm³/mol. The largest absolute Gasteiger partial charge is 0.396 e. The lowest BCUT2D eigenvalue weighted by molar-refractivity contribution is 0.581. The van der Waals surface area contributed by atoms with Gasteiger partial charge in [0.05, 0.1) is 20.6 Å². The van der Waals surface area contributed by atoms with Crippen molar-refractivity contribution in [2.24, 2.45) is 0 Å². The van der Waals surface area contributed by atoms with Crippen LogP contribution in [0.25, 0.3) is 0 Å². The number of sulfonamides is 1. The van der Waals surface area contributed by atoms with Crippen molar-refractivity contribution in [2.75, 3.05) is 5.73 Å². The molecule has 3 N–H and O–H groups in total. The summed E-state index contributed by atoms with van der Waals surface area (Å²) in [6.07, 6.45) is 0. The van der Waals surface area contributed by atoms with E-state index in [0.717, 1.165) is 5.56 Å². The molecule has 2 aromatic carbocycles. The summed E-state index contributed by atoms with van der Waals surface area (Å²) in [7, 11) is -3.69. The van der Waals surface area contributed by atoms with Gasteiger partial charge in [-0.1, -0.05) is 53.5 Å². The van der Waals surface area contributed by atoms with Crippen molar-refractivity contribution in [1.82, 2.24) is 4.72 Å². The first kappa shape index (κ1) is 15.1. The van der Waals surface area contributed by atoms with Crippen LogP contribution in [0.3, 0.4) is 0 Å². The molecule has 0 saturated carbocycles. The Morgan fingerprint density at radius 1 is 1.05 bits per heavy atom. The van der Waals surface area contributed by atoms with Gasteiger partial charge in [0.2, 0.25) is 10.0 Å². The Labute approximate surface area is 127 Å². The number of hydrogen-bond acceptors (Lipinski definition) is 3. The minimum atomic E-state index is -3.69. The molecule has 0 fully saturated rings. The predicted octanol–water partition coefficient (Wildman–Crippen LogP) is 3.05. The normalized spacial score (nSPS) is 11.5. The van der Waals surface area contributed by atoms with E-state index in [9.17, 15) is 8.42 Å². The average molecular weight is 331 g/mol. The zero-order chi connectivity index (χ0) is 14.8. The van der Waals surface area contributed by atoms with Crippen LogP contribution in [0.2, 0.25) is 10.0 Å². The molecule has 0 spiro atoms. The van der Waals surface area contributed by atoms with Crippen LogP contribution in [0.5, 0.6) is 0 Å². The molecule has 4 nitrogen and oxygen atoms in total. The molecule has 0 bridgehead atoms. The van der Waals surface area contributed by atoms with Crippen LogP contribution in [0.1, 0.15) is 5.56 Å². The van der Waals surface area contributed by atoms with E-state index in [0.29, 0.717) is 0 Å². The van der Waals surface area contributed by atoms with Crippen molar-refractivity contribution in [1.29, 1.82) is 0 Å². The topological polar surface area (TPSA) is 72.2 Å². The van der Waals surface area contributed by atoms with Crippen molar-refractivity contribution in [3.05, 3.63) is 58.1 Å². The van der Waals surface area contributed by atoms with Crippen LogP contribution in [0, 0.1) is 0 Å². The molecule has 7 heteroatoms. The van der Waals surface area contributed by atoms with Gasteiger partial charge in [0.1, 0.15) is 0 Å². The zero-order valence-electron chi connectivity index (χ0n) is 10.3. The van der Waals surface area contributed by atoms with Crippen LogP contribution >= 0.6 is 23.2 Å². The van der Waals surface area contributed by atoms with Gasteiger partial charge in [-0.2, -0.15) is 0 Å². The lowest BCUT2D eigenvalue weighted by atomic mass is 10.2. The summed E-state index contributed by atoms with van der Waals surface area (Å²) >= 11 is 11.7. The van der Waals surface area contributed by atoms with Gasteiger partial charge in [-0.15, -0.1) is 0 Å². The Hall–Kier alpha value is -1.27. The summed E-state index contributed by atoms with van der Waals surface area (Å²) in [5, 5.41) is 0.218. The molecular weight excluding hydrogens is 319 g/mol. The van der Waals surface area contributed by atoms with Gasteiger partial charge >= 0.3 is 0 Å². The third-order valence-electron chi connectivity index (χ3n) is 2.67. The third-order valence-corrected chi connectivity index (χ3v) is 4.68. The number of nitrogen functional groups attached to an aromatic ring is 1. The van der Waals surface area contributed by atoms with Crippen molar-refractivity contribution in [3.8, 4) is 0 Å². The zero-order valence-corrected chi connectivity index (χ0v) is 12.6. The molecular formula is C13H12Cl2N2O2S. The third kappa shape index (κ3) is 3.43. The fraction of sp³-hybridized carbons (Fsp3) is 0.0769. The minimum Gasteiger partial charge on any atom is -0.396 e. The molecule has 0 aliphatic rings. The molecule has 20 heavy (non-hydrogen) atoms. The number of rotatable bonds is 4. The molecule has 2 aromatic rings. The van der Waals surface area contributed by atoms with Gasteiger partial charge in [-0.3, -0.25) is 0 Å². The highest BCUT2D eigenvalue weighted by Crippen LogP contribution is 2.30. The molecule has 0 aliphatic carbocycles. The Balaban J connectivity index is 2.23. The SMILES string of the molecule is Nc1c(Cl)cc(S(=O)(=O)NCc2ccccc2)cc1Cl. The van der Waals surface area contributed by atoms with E-state index in [2.05, 4.69) is 4.72 Å². The fourth-order valence-corrected chi connectivity index (χ4v) is 3.26. The second kappa shape index (κ2) is 6.01. The van der Waals surface area contributed by atoms with Crippen molar-refractivity contribution >= 4 is 38.9 Å². The summed E-state index contributed by atoms with van der Waals surface area (Å²) in [5.41, 5.74) is 6.59. The molecule has 0 unspecified atom stereocenters. The Morgan fingerprint density at radius 3 is 2.15 bits per heavy atom. The van der Waals surface area contributed by atoms with E-state index in [1.807, 2.05) is 30.3 Å². The van der Waals surface area contributed by atoms with Crippen molar-refractivity contribution in [2.45, 2.75) is 11.4 Å². The second-order valence-electron chi connectivity index (χ2n) is 4.11. The van der Waals surface area contributed by atoms with Crippen molar-refractivity contribution < 1.29 is 8.42 Å². The van der Waals surface area contributed by atoms with Gasteiger partial charge in [0, 0.05) is 6.54 Å². The maximum absolute atomic E-state index is 12.2. The fourth-order valence-electron chi connectivity index (χ4n) is 1.57. The smallest absolute Gasteiger partial charge is 0.240 e. The standard InChI is InChI=1S/C13H12Cl2N2O2S/c14-11-6-10(7-12(15)13(11)16)20(18,19)17-8-9-4-2-1-3-5-9/h1-7,17H,8,16H2. The van der Waals surface area contributed by atoms with Gasteiger partial charge in [-0.05, 0) is 17.7 Å². The quantitative estimate of drug-likeness (QED) is 0.846. The van der Waals surface area contributed by atoms with Gasteiger partial charge < -0.3 is 5.73 Å². The molecule has 0 heterocycles. The van der Waals surface area contributed by atoms with Crippen LogP contribution in [-0.4, -0.2) is 8.42 Å². The van der Waals surface area contributed by atoms with Gasteiger partial charge in [-0.25, -0.2) is 13.1 Å². The van der Waals surface area contributed by atoms with E-state index in [-0.39, 0.29) is 27.2 Å².